The number of nitrogens with zero attached hydrogens (tertiary/aromatic N) is 1. The Morgan fingerprint density at radius 3 is 2.74 bits per heavy atom. The lowest BCUT2D eigenvalue weighted by Gasteiger charge is -2.13. The van der Waals surface area contributed by atoms with Crippen molar-refractivity contribution >= 4 is 17.6 Å². The van der Waals surface area contributed by atoms with Crippen molar-refractivity contribution in [3.05, 3.63) is 18.0 Å². The summed E-state index contributed by atoms with van der Waals surface area (Å²) in [6.45, 7) is 6.32. The molecule has 1 aromatic heterocycles. The van der Waals surface area contributed by atoms with Crippen molar-refractivity contribution in [3.63, 3.8) is 0 Å². The number of carbonyl (C=O) groups excluding carboxylic acids is 2. The van der Waals surface area contributed by atoms with Crippen molar-refractivity contribution in [2.45, 2.75) is 39.8 Å². The van der Waals surface area contributed by atoms with Gasteiger partial charge in [-0.3, -0.25) is 4.79 Å². The second-order valence-electron chi connectivity index (χ2n) is 4.30. The molecule has 1 unspecified atom stereocenters. The first-order valence-corrected chi connectivity index (χ1v) is 6.42. The van der Waals surface area contributed by atoms with Gasteiger partial charge in [0.2, 0.25) is 0 Å². The summed E-state index contributed by atoms with van der Waals surface area (Å²) in [7, 11) is 0. The van der Waals surface area contributed by atoms with Crippen molar-refractivity contribution in [2.24, 2.45) is 0 Å². The highest BCUT2D eigenvalue weighted by molar-refractivity contribution is 5.96. The Bertz CT molecular complexity index is 454. The van der Waals surface area contributed by atoms with Crippen molar-refractivity contribution in [1.82, 2.24) is 9.88 Å². The van der Waals surface area contributed by atoms with Gasteiger partial charge in [-0.15, -0.1) is 0 Å². The van der Waals surface area contributed by atoms with Crippen LogP contribution >= 0.6 is 0 Å². The highest BCUT2D eigenvalue weighted by Gasteiger charge is 2.19. The third kappa shape index (κ3) is 4.01. The normalized spacial score (nSPS) is 11.9. The third-order valence-corrected chi connectivity index (χ3v) is 2.60. The minimum atomic E-state index is -0.682. The number of hydrogen-bond acceptors (Lipinski definition) is 4. The molecule has 6 nitrogen and oxygen atoms in total. The molecule has 0 aliphatic carbocycles. The summed E-state index contributed by atoms with van der Waals surface area (Å²) in [5, 5.41) is 2.60. The lowest BCUT2D eigenvalue weighted by atomic mass is 10.3. The van der Waals surface area contributed by atoms with Gasteiger partial charge in [-0.1, -0.05) is 6.92 Å². The fourth-order valence-electron chi connectivity index (χ4n) is 1.75. The molecule has 19 heavy (non-hydrogen) atoms. The summed E-state index contributed by atoms with van der Waals surface area (Å²) >= 11 is 0. The molecular formula is C13H21N3O3. The van der Waals surface area contributed by atoms with E-state index in [2.05, 4.69) is 5.32 Å². The Morgan fingerprint density at radius 2 is 2.16 bits per heavy atom. The van der Waals surface area contributed by atoms with Crippen LogP contribution in [0.4, 0.5) is 5.69 Å². The first-order valence-electron chi connectivity index (χ1n) is 6.42. The van der Waals surface area contributed by atoms with E-state index in [0.29, 0.717) is 17.9 Å². The van der Waals surface area contributed by atoms with Gasteiger partial charge in [0.15, 0.2) is 0 Å². The molecule has 1 rings (SSSR count). The summed E-state index contributed by atoms with van der Waals surface area (Å²) in [5.74, 6) is -0.775. The molecule has 1 amide bonds. The Hall–Kier alpha value is -1.98. The highest BCUT2D eigenvalue weighted by Crippen LogP contribution is 2.11. The summed E-state index contributed by atoms with van der Waals surface area (Å²) in [6.07, 6.45) is 2.61. The van der Waals surface area contributed by atoms with E-state index in [1.807, 2.05) is 6.92 Å². The largest absolute Gasteiger partial charge is 0.464 e. The van der Waals surface area contributed by atoms with Gasteiger partial charge in [-0.2, -0.15) is 0 Å². The molecule has 1 atom stereocenters. The van der Waals surface area contributed by atoms with Gasteiger partial charge < -0.3 is 20.4 Å². The predicted molar refractivity (Wildman–Crippen MR) is 72.7 cm³/mol. The van der Waals surface area contributed by atoms with Crippen LogP contribution in [0.3, 0.4) is 0 Å². The molecule has 0 bridgehead atoms. The maximum Gasteiger partial charge on any atom is 0.328 e. The van der Waals surface area contributed by atoms with E-state index in [0.717, 1.165) is 6.42 Å². The van der Waals surface area contributed by atoms with Gasteiger partial charge in [0.25, 0.3) is 5.91 Å². The minimum Gasteiger partial charge on any atom is -0.464 e. The van der Waals surface area contributed by atoms with Crippen molar-refractivity contribution in [1.29, 1.82) is 0 Å². The fourth-order valence-corrected chi connectivity index (χ4v) is 1.75. The number of aromatic nitrogens is 1. The van der Waals surface area contributed by atoms with E-state index in [-0.39, 0.29) is 12.5 Å². The number of esters is 1. The zero-order valence-electron chi connectivity index (χ0n) is 11.6. The SMILES string of the molecule is CCCn1cc(N)cc1C(=O)NC(C)C(=O)OCC. The van der Waals surface area contributed by atoms with Gasteiger partial charge in [-0.05, 0) is 26.3 Å². The Balaban J connectivity index is 2.75. The zero-order chi connectivity index (χ0) is 14.4. The highest BCUT2D eigenvalue weighted by atomic mass is 16.5. The summed E-state index contributed by atoms with van der Waals surface area (Å²) in [4.78, 5) is 23.5. The molecule has 0 aliphatic heterocycles. The number of ether oxygens (including phenoxy) is 1. The number of rotatable bonds is 6. The van der Waals surface area contributed by atoms with E-state index in [4.69, 9.17) is 10.5 Å². The molecule has 0 aromatic carbocycles. The average Bonchev–Trinajstić information content (AvgIpc) is 2.71. The van der Waals surface area contributed by atoms with Crippen LogP contribution in [0.1, 0.15) is 37.7 Å². The van der Waals surface area contributed by atoms with Gasteiger partial charge in [0.05, 0.1) is 12.3 Å². The first kappa shape index (κ1) is 15.1. The fraction of sp³-hybridized carbons (Fsp3) is 0.538. The number of nitrogens with two attached hydrogens (primary N) is 1. The van der Waals surface area contributed by atoms with E-state index >= 15 is 0 Å². The molecule has 1 aromatic rings. The van der Waals surface area contributed by atoms with Crippen LogP contribution in [0.5, 0.6) is 0 Å². The molecule has 0 saturated heterocycles. The predicted octanol–water partition coefficient (Wildman–Crippen LogP) is 1.16. The van der Waals surface area contributed by atoms with Crippen LogP contribution < -0.4 is 11.1 Å². The number of nitrogen functional groups attached to an aromatic ring is 1. The van der Waals surface area contributed by atoms with Crippen LogP contribution in [0.25, 0.3) is 0 Å². The third-order valence-electron chi connectivity index (χ3n) is 2.60. The number of hydrogen-bond donors (Lipinski definition) is 2. The van der Waals surface area contributed by atoms with Crippen LogP contribution in [0.2, 0.25) is 0 Å². The molecule has 0 fully saturated rings. The van der Waals surface area contributed by atoms with Crippen molar-refractivity contribution in [3.8, 4) is 0 Å². The summed E-state index contributed by atoms with van der Waals surface area (Å²) in [6, 6.07) is 0.918. The Morgan fingerprint density at radius 1 is 1.47 bits per heavy atom. The molecule has 1 heterocycles. The second-order valence-corrected chi connectivity index (χ2v) is 4.30. The zero-order valence-corrected chi connectivity index (χ0v) is 11.6. The van der Waals surface area contributed by atoms with Gasteiger partial charge in [-0.25, -0.2) is 4.79 Å². The molecule has 0 radical (unpaired) electrons. The molecule has 0 saturated carbocycles. The standard InChI is InChI=1S/C13H21N3O3/c1-4-6-16-8-10(14)7-11(16)12(17)15-9(3)13(18)19-5-2/h7-9H,4-6,14H2,1-3H3,(H,15,17). The van der Waals surface area contributed by atoms with E-state index in [1.54, 1.807) is 30.7 Å². The van der Waals surface area contributed by atoms with Crippen LogP contribution in [-0.4, -0.2) is 29.1 Å². The second kappa shape index (κ2) is 6.82. The molecule has 0 spiro atoms. The van der Waals surface area contributed by atoms with Crippen molar-refractivity contribution in [2.75, 3.05) is 12.3 Å². The monoisotopic (exact) mass is 267 g/mol. The first-order chi connectivity index (χ1) is 8.99. The molecular weight excluding hydrogens is 246 g/mol. The van der Waals surface area contributed by atoms with E-state index in [9.17, 15) is 9.59 Å². The van der Waals surface area contributed by atoms with E-state index in [1.165, 1.54) is 0 Å². The van der Waals surface area contributed by atoms with Gasteiger partial charge in [0.1, 0.15) is 11.7 Å². The van der Waals surface area contributed by atoms with Crippen LogP contribution in [0, 0.1) is 0 Å². The van der Waals surface area contributed by atoms with Crippen LogP contribution in [-0.2, 0) is 16.1 Å². The topological polar surface area (TPSA) is 86.4 Å². The minimum absolute atomic E-state index is 0.290. The van der Waals surface area contributed by atoms with Gasteiger partial charge in [0, 0.05) is 12.7 Å². The van der Waals surface area contributed by atoms with Crippen LogP contribution in [0.15, 0.2) is 12.3 Å². The smallest absolute Gasteiger partial charge is 0.328 e. The number of aryl methyl sites for hydroxylation is 1. The average molecular weight is 267 g/mol. The number of amides is 1. The van der Waals surface area contributed by atoms with Crippen molar-refractivity contribution < 1.29 is 14.3 Å². The lowest BCUT2D eigenvalue weighted by Crippen LogP contribution is -2.40. The number of carbonyl (C=O) groups is 2. The molecule has 6 heteroatoms. The maximum absolute atomic E-state index is 12.1. The number of nitrogens with one attached hydrogen (secondary N) is 1. The number of anilines is 1. The lowest BCUT2D eigenvalue weighted by molar-refractivity contribution is -0.144. The Kier molecular flexibility index (Phi) is 5.41. The van der Waals surface area contributed by atoms with E-state index < -0.39 is 12.0 Å². The summed E-state index contributed by atoms with van der Waals surface area (Å²) in [5.41, 5.74) is 6.68. The molecule has 0 aliphatic rings. The molecule has 106 valence electrons. The molecule has 3 N–H and O–H groups in total. The maximum atomic E-state index is 12.1. The van der Waals surface area contributed by atoms with Gasteiger partial charge >= 0.3 is 5.97 Å². The Labute approximate surface area is 112 Å². The quantitative estimate of drug-likeness (QED) is 0.757. The summed E-state index contributed by atoms with van der Waals surface area (Å²) < 4.78 is 6.62.